The van der Waals surface area contributed by atoms with Crippen molar-refractivity contribution in [3.05, 3.63) is 78.1 Å². The van der Waals surface area contributed by atoms with E-state index in [2.05, 4.69) is 35.7 Å². The van der Waals surface area contributed by atoms with E-state index in [0.29, 0.717) is 17.5 Å². The lowest BCUT2D eigenvalue weighted by Gasteiger charge is -2.37. The minimum Gasteiger partial charge on any atom is -0.459 e. The van der Waals surface area contributed by atoms with E-state index in [0.717, 1.165) is 24.2 Å². The van der Waals surface area contributed by atoms with Crippen LogP contribution in [0.4, 0.5) is 11.8 Å². The number of benzene rings is 2. The number of aliphatic hydroxyl groups excluding tert-OH is 1. The van der Waals surface area contributed by atoms with Crippen molar-refractivity contribution in [3.8, 4) is 0 Å². The second kappa shape index (κ2) is 13.3. The number of ether oxygens (including phenoxy) is 3. The molecule has 0 bridgehead atoms. The molecular weight excluding hydrogens is 592 g/mol. The number of hydrogen-bond donors (Lipinski definition) is 3. The highest BCUT2D eigenvalue weighted by molar-refractivity contribution is 6.79. The summed E-state index contributed by atoms with van der Waals surface area (Å²) in [5.74, 6) is -1.20. The van der Waals surface area contributed by atoms with Crippen molar-refractivity contribution < 1.29 is 28.9 Å². The number of nitrogens with zero attached hydrogens (tertiary/aromatic N) is 4. The fourth-order valence-electron chi connectivity index (χ4n) is 6.13. The van der Waals surface area contributed by atoms with Gasteiger partial charge in [-0.1, -0.05) is 81.3 Å². The Morgan fingerprint density at radius 2 is 1.56 bits per heavy atom. The summed E-state index contributed by atoms with van der Waals surface area (Å²) in [6, 6.07) is 21.1. The first-order valence-electron chi connectivity index (χ1n) is 15.3. The number of fused-ring (bicyclic) bond motifs is 1. The predicted octanol–water partition coefficient (Wildman–Crippen LogP) is 4.60. The van der Waals surface area contributed by atoms with Gasteiger partial charge in [0, 0.05) is 0 Å². The molecule has 0 amide bonds. The summed E-state index contributed by atoms with van der Waals surface area (Å²) in [5, 5.41) is 11.9. The van der Waals surface area contributed by atoms with E-state index in [9.17, 15) is 14.7 Å². The number of aromatic nitrogens is 4. The highest BCUT2D eigenvalue weighted by Crippen LogP contribution is 2.45. The molecule has 2 aromatic carbocycles. The summed E-state index contributed by atoms with van der Waals surface area (Å²) < 4.78 is 20.3. The van der Waals surface area contributed by atoms with Crippen molar-refractivity contribution in [2.24, 2.45) is 0 Å². The van der Waals surface area contributed by atoms with Crippen LogP contribution in [0.3, 0.4) is 0 Å². The smallest absolute Gasteiger partial charge is 0.338 e. The molecule has 12 nitrogen and oxygen atoms in total. The van der Waals surface area contributed by atoms with E-state index in [-0.39, 0.29) is 29.5 Å². The highest BCUT2D eigenvalue weighted by Gasteiger charge is 2.59. The number of nitrogens with two attached hydrogens (primary N) is 2. The number of rotatable bonds is 12. The first kappa shape index (κ1) is 32.1. The third-order valence-corrected chi connectivity index (χ3v) is 15.1. The molecule has 0 unspecified atom stereocenters. The Labute approximate surface area is 262 Å². The maximum Gasteiger partial charge on any atom is 0.338 e. The van der Waals surface area contributed by atoms with Crippen LogP contribution < -0.4 is 11.5 Å². The molecular formula is C32H40N6O6Si. The number of anilines is 2. The molecule has 0 aliphatic carbocycles. The Morgan fingerprint density at radius 1 is 0.956 bits per heavy atom. The van der Waals surface area contributed by atoms with Gasteiger partial charge in [0.1, 0.15) is 23.8 Å². The monoisotopic (exact) mass is 632 g/mol. The van der Waals surface area contributed by atoms with E-state index in [4.69, 9.17) is 25.7 Å². The van der Waals surface area contributed by atoms with E-state index in [1.807, 2.05) is 0 Å². The van der Waals surface area contributed by atoms with Gasteiger partial charge in [0.25, 0.3) is 0 Å². The third-order valence-electron chi connectivity index (χ3n) is 9.25. The average molecular weight is 633 g/mol. The van der Waals surface area contributed by atoms with Crippen LogP contribution in [0.1, 0.15) is 54.1 Å². The Morgan fingerprint density at radius 3 is 2.16 bits per heavy atom. The van der Waals surface area contributed by atoms with Crippen LogP contribution in [0.15, 0.2) is 67.0 Å². The van der Waals surface area contributed by atoms with Crippen molar-refractivity contribution in [1.82, 2.24) is 19.5 Å². The fourth-order valence-corrected chi connectivity index (χ4v) is 9.64. The van der Waals surface area contributed by atoms with Crippen LogP contribution in [0.5, 0.6) is 0 Å². The molecule has 1 saturated heterocycles. The van der Waals surface area contributed by atoms with Gasteiger partial charge in [-0.2, -0.15) is 9.97 Å². The third kappa shape index (κ3) is 6.41. The minimum absolute atomic E-state index is 0.0727. The van der Waals surface area contributed by atoms with Gasteiger partial charge in [-0.05, 0) is 30.7 Å². The molecule has 0 spiro atoms. The summed E-state index contributed by atoms with van der Waals surface area (Å²) in [7, 11) is -1.77. The van der Waals surface area contributed by atoms with Crippen molar-refractivity contribution >= 4 is 42.9 Å². The molecule has 2 aromatic heterocycles. The van der Waals surface area contributed by atoms with Crippen LogP contribution in [0, 0.1) is 0 Å². The van der Waals surface area contributed by atoms with Gasteiger partial charge in [0.2, 0.25) is 5.95 Å². The van der Waals surface area contributed by atoms with Gasteiger partial charge in [-0.3, -0.25) is 4.57 Å². The zero-order chi connectivity index (χ0) is 32.2. The number of hydrogen-bond acceptors (Lipinski definition) is 11. The van der Waals surface area contributed by atoms with Crippen molar-refractivity contribution in [2.45, 2.75) is 75.4 Å². The van der Waals surface area contributed by atoms with E-state index < -0.39 is 44.0 Å². The molecule has 1 aliphatic heterocycles. The molecule has 1 aliphatic rings. The molecule has 0 radical (unpaired) electrons. The summed E-state index contributed by atoms with van der Waals surface area (Å²) >= 11 is 0. The minimum atomic E-state index is -1.77. The van der Waals surface area contributed by atoms with Gasteiger partial charge < -0.3 is 30.8 Å². The number of carbonyl (C=O) groups is 2. The molecule has 238 valence electrons. The standard InChI is InChI=1S/C32H40N6O6Si/c1-4-45(5-2,6-3)18-17-32(19-42-29(40)21-13-9-7-10-14-21)25(43-30(41)22-15-11-8-12-16-22)24(39)28(44-32)38-20-35-23-26(33)36-31(34)37-27(23)38/h7-16,20,24-25,28,39H,4-6,17-19H2,1-3H3,(H4,33,34,36,37)/t24-,25+,28-,32-/m1/s1. The van der Waals surface area contributed by atoms with Gasteiger partial charge in [-0.15, -0.1) is 0 Å². The zero-order valence-electron chi connectivity index (χ0n) is 25.8. The number of imidazole rings is 1. The van der Waals surface area contributed by atoms with E-state index in [1.165, 1.54) is 10.9 Å². The number of carbonyl (C=O) groups excluding carboxylic acids is 2. The topological polar surface area (TPSA) is 178 Å². The fraction of sp³-hybridized carbons (Fsp3) is 0.406. The molecule has 45 heavy (non-hydrogen) atoms. The molecule has 4 atom stereocenters. The molecule has 3 heterocycles. The van der Waals surface area contributed by atoms with Crippen molar-refractivity contribution in [1.29, 1.82) is 0 Å². The first-order chi connectivity index (χ1) is 21.7. The second-order valence-corrected chi connectivity index (χ2v) is 17.2. The van der Waals surface area contributed by atoms with Crippen LogP contribution in [-0.4, -0.2) is 69.1 Å². The maximum absolute atomic E-state index is 13.5. The second-order valence-electron chi connectivity index (χ2n) is 11.5. The Bertz CT molecular complexity index is 1630. The molecule has 13 heteroatoms. The van der Waals surface area contributed by atoms with Gasteiger partial charge >= 0.3 is 11.9 Å². The van der Waals surface area contributed by atoms with Gasteiger partial charge in [-0.25, -0.2) is 14.6 Å². The number of aliphatic hydroxyl groups is 1. The lowest BCUT2D eigenvalue weighted by molar-refractivity contribution is -0.133. The predicted molar refractivity (Wildman–Crippen MR) is 172 cm³/mol. The number of esters is 2. The Balaban J connectivity index is 1.59. The van der Waals surface area contributed by atoms with Crippen molar-refractivity contribution in [3.63, 3.8) is 0 Å². The quantitative estimate of drug-likeness (QED) is 0.147. The normalized spacial score (nSPS) is 21.6. The van der Waals surface area contributed by atoms with Gasteiger partial charge in [0.15, 0.2) is 23.8 Å². The van der Waals surface area contributed by atoms with Crippen LogP contribution >= 0.6 is 0 Å². The van der Waals surface area contributed by atoms with Crippen molar-refractivity contribution in [2.75, 3.05) is 18.1 Å². The summed E-state index contributed by atoms with van der Waals surface area (Å²) in [6.07, 6.45) is -1.94. The summed E-state index contributed by atoms with van der Waals surface area (Å²) in [4.78, 5) is 39.3. The summed E-state index contributed by atoms with van der Waals surface area (Å²) in [5.41, 5.74) is 11.8. The first-order valence-corrected chi connectivity index (χ1v) is 18.1. The zero-order valence-corrected chi connectivity index (χ0v) is 26.8. The van der Waals surface area contributed by atoms with Crippen LogP contribution in [-0.2, 0) is 14.2 Å². The largest absolute Gasteiger partial charge is 0.459 e. The molecule has 5 rings (SSSR count). The SMILES string of the molecule is CC[Si](CC)(CC)CC[C@]1(COC(=O)c2ccccc2)O[C@@H](n2cnc3c(N)nc(N)nc32)[C@H](O)[C@@H]1OC(=O)c1ccccc1. The molecule has 4 aromatic rings. The van der Waals surface area contributed by atoms with Crippen LogP contribution in [0.25, 0.3) is 11.2 Å². The Kier molecular flexibility index (Phi) is 9.51. The summed E-state index contributed by atoms with van der Waals surface area (Å²) in [6.45, 7) is 6.34. The maximum atomic E-state index is 13.5. The Hall–Kier alpha value is -4.33. The van der Waals surface area contributed by atoms with E-state index in [1.54, 1.807) is 60.7 Å². The highest BCUT2D eigenvalue weighted by atomic mass is 28.3. The number of nitrogen functional groups attached to an aromatic ring is 2. The lowest BCUT2D eigenvalue weighted by atomic mass is 9.92. The van der Waals surface area contributed by atoms with Gasteiger partial charge in [0.05, 0.1) is 25.5 Å². The molecule has 5 N–H and O–H groups in total. The average Bonchev–Trinajstić information content (AvgIpc) is 3.60. The van der Waals surface area contributed by atoms with Crippen LogP contribution in [0.2, 0.25) is 24.2 Å². The lowest BCUT2D eigenvalue weighted by Crippen LogP contribution is -2.51. The molecule has 0 saturated carbocycles. The van der Waals surface area contributed by atoms with E-state index >= 15 is 0 Å². The molecule has 1 fully saturated rings.